The number of rotatable bonds is 6. The number of benzene rings is 2. The van der Waals surface area contributed by atoms with E-state index < -0.39 is 78.1 Å². The lowest BCUT2D eigenvalue weighted by molar-refractivity contribution is -0.384. The molecule has 0 heterocycles. The Balaban J connectivity index is 2.86. The summed E-state index contributed by atoms with van der Waals surface area (Å²) >= 11 is 0. The Bertz CT molecular complexity index is 1200. The van der Waals surface area contributed by atoms with E-state index in [0.29, 0.717) is 18.6 Å². The molecule has 2 aromatic carbocycles. The van der Waals surface area contributed by atoms with E-state index in [1.165, 1.54) is 0 Å². The van der Waals surface area contributed by atoms with Crippen molar-refractivity contribution < 1.29 is 33.3 Å². The molecule has 0 radical (unpaired) electrons. The third kappa shape index (κ3) is 4.45. The summed E-state index contributed by atoms with van der Waals surface area (Å²) in [5.41, 5.74) is -1.29. The van der Waals surface area contributed by atoms with Crippen LogP contribution in [-0.4, -0.2) is 34.3 Å². The zero-order valence-electron chi connectivity index (χ0n) is 17.8. The standard InChI is InChI=1S/C14H14N2O7S2/c1-24(19,20)16(25(2,21)22)13-9-8-11(15(17)18)10-14(13)23-12-6-4-3-5-7-12/h3-10H,1-2H3/i3D,4D,5D,6D,7D. The summed E-state index contributed by atoms with van der Waals surface area (Å²) in [5, 5.41) is 11.1. The minimum atomic E-state index is -4.47. The molecule has 0 aromatic heterocycles. The zero-order chi connectivity index (χ0) is 23.2. The molecule has 0 bridgehead atoms. The summed E-state index contributed by atoms with van der Waals surface area (Å²) < 4.78 is 92.2. The Hall–Kier alpha value is -2.66. The highest BCUT2D eigenvalue weighted by Gasteiger charge is 2.31. The summed E-state index contributed by atoms with van der Waals surface area (Å²) in [6, 6.07) is -1.61. The summed E-state index contributed by atoms with van der Waals surface area (Å²) in [5.74, 6) is -1.50. The number of anilines is 1. The molecule has 0 N–H and O–H groups in total. The van der Waals surface area contributed by atoms with E-state index in [4.69, 9.17) is 11.6 Å². The molecule has 0 aliphatic carbocycles. The molecule has 0 unspecified atom stereocenters. The number of hydrogen-bond donors (Lipinski definition) is 0. The second kappa shape index (κ2) is 6.69. The predicted molar refractivity (Wildman–Crippen MR) is 91.8 cm³/mol. The Kier molecular flexibility index (Phi) is 3.39. The molecule has 2 aromatic rings. The van der Waals surface area contributed by atoms with Gasteiger partial charge in [0, 0.05) is 6.07 Å². The lowest BCUT2D eigenvalue weighted by Gasteiger charge is -2.22. The first-order valence-corrected chi connectivity index (χ1v) is 10.0. The van der Waals surface area contributed by atoms with Crippen molar-refractivity contribution in [3.05, 3.63) is 58.5 Å². The van der Waals surface area contributed by atoms with Crippen LogP contribution in [0, 0.1) is 10.1 Å². The lowest BCUT2D eigenvalue weighted by atomic mass is 10.2. The van der Waals surface area contributed by atoms with Gasteiger partial charge in [0.2, 0.25) is 20.0 Å². The monoisotopic (exact) mass is 391 g/mol. The van der Waals surface area contributed by atoms with Crippen molar-refractivity contribution in [2.45, 2.75) is 0 Å². The number of sulfonamides is 2. The predicted octanol–water partition coefficient (Wildman–Crippen LogP) is 2.11. The van der Waals surface area contributed by atoms with E-state index in [0.717, 1.165) is 12.1 Å². The van der Waals surface area contributed by atoms with Crippen molar-refractivity contribution in [3.8, 4) is 11.5 Å². The van der Waals surface area contributed by atoms with Gasteiger partial charge in [-0.3, -0.25) is 10.1 Å². The zero-order valence-corrected chi connectivity index (χ0v) is 14.4. The molecule has 0 amide bonds. The Morgan fingerprint density at radius 1 is 1.08 bits per heavy atom. The van der Waals surface area contributed by atoms with Gasteiger partial charge in [-0.05, 0) is 18.2 Å². The highest BCUT2D eigenvalue weighted by Crippen LogP contribution is 2.37. The van der Waals surface area contributed by atoms with Crippen molar-refractivity contribution >= 4 is 31.4 Å². The molecule has 2 rings (SSSR count). The first kappa shape index (κ1) is 12.7. The fourth-order valence-corrected chi connectivity index (χ4v) is 4.84. The molecule has 0 atom stereocenters. The van der Waals surface area contributed by atoms with Gasteiger partial charge in [0.1, 0.15) is 11.4 Å². The van der Waals surface area contributed by atoms with Gasteiger partial charge in [-0.25, -0.2) is 16.8 Å². The maximum absolute atomic E-state index is 12.1. The summed E-state index contributed by atoms with van der Waals surface area (Å²) in [6.07, 6.45) is 1.15. The number of para-hydroxylation sites is 1. The second-order valence-electron chi connectivity index (χ2n) is 4.69. The molecule has 0 spiro atoms. The molecule has 0 fully saturated rings. The number of nitro benzene ring substituents is 1. The Labute approximate surface area is 151 Å². The van der Waals surface area contributed by atoms with Crippen molar-refractivity contribution in [2.24, 2.45) is 0 Å². The molecule has 9 nitrogen and oxygen atoms in total. The molecule has 0 aliphatic heterocycles. The highest BCUT2D eigenvalue weighted by atomic mass is 32.3. The Morgan fingerprint density at radius 2 is 1.64 bits per heavy atom. The molecule has 134 valence electrons. The molecular formula is C14H14N2O7S2. The first-order valence-electron chi connectivity index (χ1n) is 8.81. The number of nitro groups is 1. The normalized spacial score (nSPS) is 14.6. The maximum Gasteiger partial charge on any atom is 0.273 e. The van der Waals surface area contributed by atoms with Crippen LogP contribution >= 0.6 is 0 Å². The van der Waals surface area contributed by atoms with E-state index in [-0.39, 0.29) is 3.71 Å². The van der Waals surface area contributed by atoms with E-state index in [1.54, 1.807) is 0 Å². The largest absolute Gasteiger partial charge is 0.455 e. The molecular weight excluding hydrogens is 372 g/mol. The van der Waals surface area contributed by atoms with Gasteiger partial charge in [-0.2, -0.15) is 3.71 Å². The molecule has 11 heteroatoms. The SMILES string of the molecule is [2H]c1c([2H])c([2H])c(Oc2cc([N+](=O)[O-])ccc2N(S(C)(=O)=O)S(C)(=O)=O)c([2H])c1[2H]. The van der Waals surface area contributed by atoms with E-state index in [2.05, 4.69) is 0 Å². The van der Waals surface area contributed by atoms with Gasteiger partial charge < -0.3 is 4.74 Å². The van der Waals surface area contributed by atoms with Crippen LogP contribution in [0.4, 0.5) is 11.4 Å². The van der Waals surface area contributed by atoms with Gasteiger partial charge in [-0.1, -0.05) is 18.1 Å². The number of hydrogen-bond acceptors (Lipinski definition) is 7. The molecule has 25 heavy (non-hydrogen) atoms. The van der Waals surface area contributed by atoms with Crippen LogP contribution in [-0.2, 0) is 20.0 Å². The number of ether oxygens (including phenoxy) is 1. The minimum Gasteiger partial charge on any atom is -0.455 e. The molecule has 0 aliphatic rings. The lowest BCUT2D eigenvalue weighted by Crippen LogP contribution is -2.35. The van der Waals surface area contributed by atoms with Crippen molar-refractivity contribution in [1.29, 1.82) is 0 Å². The molecule has 0 saturated heterocycles. The molecule has 0 saturated carbocycles. The van der Waals surface area contributed by atoms with E-state index >= 15 is 0 Å². The quantitative estimate of drug-likeness (QED) is 0.545. The van der Waals surface area contributed by atoms with Crippen LogP contribution in [0.3, 0.4) is 0 Å². The average Bonchev–Trinajstić information content (AvgIpc) is 2.60. The summed E-state index contributed by atoms with van der Waals surface area (Å²) in [4.78, 5) is 10.2. The van der Waals surface area contributed by atoms with Crippen molar-refractivity contribution in [2.75, 3.05) is 16.2 Å². The third-order valence-corrected chi connectivity index (χ3v) is 5.87. The first-order chi connectivity index (χ1) is 13.6. The van der Waals surface area contributed by atoms with E-state index in [1.807, 2.05) is 0 Å². The third-order valence-electron chi connectivity index (χ3n) is 2.64. The van der Waals surface area contributed by atoms with Crippen LogP contribution in [0.1, 0.15) is 6.85 Å². The van der Waals surface area contributed by atoms with Gasteiger partial charge >= 0.3 is 0 Å². The van der Waals surface area contributed by atoms with Gasteiger partial charge in [0.05, 0.1) is 30.4 Å². The highest BCUT2D eigenvalue weighted by molar-refractivity contribution is 8.09. The van der Waals surface area contributed by atoms with Crippen molar-refractivity contribution in [3.63, 3.8) is 0 Å². The van der Waals surface area contributed by atoms with Crippen LogP contribution in [0.15, 0.2) is 48.4 Å². The Morgan fingerprint density at radius 3 is 2.12 bits per heavy atom. The summed E-state index contributed by atoms with van der Waals surface area (Å²) in [7, 11) is -8.94. The number of nitrogens with zero attached hydrogens (tertiary/aromatic N) is 2. The van der Waals surface area contributed by atoms with Gasteiger partial charge in [0.25, 0.3) is 5.69 Å². The van der Waals surface area contributed by atoms with Gasteiger partial charge in [0.15, 0.2) is 5.75 Å². The average molecular weight is 391 g/mol. The smallest absolute Gasteiger partial charge is 0.273 e. The van der Waals surface area contributed by atoms with Crippen molar-refractivity contribution in [1.82, 2.24) is 0 Å². The minimum absolute atomic E-state index is 0.0473. The van der Waals surface area contributed by atoms with Crippen LogP contribution in [0.2, 0.25) is 0 Å². The fraction of sp³-hybridized carbons (Fsp3) is 0.143. The van der Waals surface area contributed by atoms with E-state index in [9.17, 15) is 26.9 Å². The fourth-order valence-electron chi connectivity index (χ4n) is 1.85. The van der Waals surface area contributed by atoms with Crippen LogP contribution < -0.4 is 8.45 Å². The number of non-ortho nitro benzene ring substituents is 1. The van der Waals surface area contributed by atoms with Crippen LogP contribution in [0.5, 0.6) is 11.5 Å². The summed E-state index contributed by atoms with van der Waals surface area (Å²) in [6.45, 7) is 0. The topological polar surface area (TPSA) is 124 Å². The maximum atomic E-state index is 12.1. The second-order valence-corrected chi connectivity index (χ2v) is 8.58. The van der Waals surface area contributed by atoms with Gasteiger partial charge in [-0.15, -0.1) is 0 Å². The van der Waals surface area contributed by atoms with Crippen LogP contribution in [0.25, 0.3) is 0 Å².